The van der Waals surface area contributed by atoms with Crippen LogP contribution in [0.1, 0.15) is 19.3 Å². The van der Waals surface area contributed by atoms with Crippen LogP contribution in [0, 0.1) is 12.3 Å². The first kappa shape index (κ1) is 10.6. The number of terminal acetylenes is 1. The summed E-state index contributed by atoms with van der Waals surface area (Å²) in [6.45, 7) is 3.45. The van der Waals surface area contributed by atoms with Gasteiger partial charge in [0.2, 0.25) is 0 Å². The van der Waals surface area contributed by atoms with Crippen molar-refractivity contribution in [2.75, 3.05) is 33.7 Å². The molecule has 0 spiro atoms. The molecule has 74 valence electrons. The summed E-state index contributed by atoms with van der Waals surface area (Å²) in [7, 11) is 4.37. The lowest BCUT2D eigenvalue weighted by Crippen LogP contribution is -2.36. The average Bonchev–Trinajstić information content (AvgIpc) is 2.48. The van der Waals surface area contributed by atoms with Crippen molar-refractivity contribution in [1.29, 1.82) is 0 Å². The van der Waals surface area contributed by atoms with Crippen molar-refractivity contribution in [2.45, 2.75) is 25.3 Å². The topological polar surface area (TPSA) is 6.48 Å². The van der Waals surface area contributed by atoms with Crippen LogP contribution in [0.2, 0.25) is 0 Å². The van der Waals surface area contributed by atoms with E-state index in [0.717, 1.165) is 25.6 Å². The van der Waals surface area contributed by atoms with E-state index in [1.807, 2.05) is 0 Å². The van der Waals surface area contributed by atoms with Gasteiger partial charge in [0, 0.05) is 25.6 Å². The second kappa shape index (κ2) is 5.26. The Labute approximate surface area is 81.9 Å². The maximum Gasteiger partial charge on any atom is 0.0220 e. The van der Waals surface area contributed by atoms with Gasteiger partial charge in [0.25, 0.3) is 0 Å². The third kappa shape index (κ3) is 3.38. The molecular weight excluding hydrogens is 160 g/mol. The average molecular weight is 180 g/mol. The van der Waals surface area contributed by atoms with Gasteiger partial charge in [-0.15, -0.1) is 12.3 Å². The Kier molecular flexibility index (Phi) is 4.27. The third-order valence-corrected chi connectivity index (χ3v) is 2.83. The summed E-state index contributed by atoms with van der Waals surface area (Å²) in [6, 6.07) is 0.753. The molecule has 1 rings (SSSR count). The molecule has 0 aromatic rings. The van der Waals surface area contributed by atoms with Crippen molar-refractivity contribution in [1.82, 2.24) is 9.80 Å². The summed E-state index contributed by atoms with van der Waals surface area (Å²) < 4.78 is 0. The Morgan fingerprint density at radius 1 is 1.62 bits per heavy atom. The van der Waals surface area contributed by atoms with Crippen LogP contribution in [-0.2, 0) is 0 Å². The van der Waals surface area contributed by atoms with Gasteiger partial charge < -0.3 is 9.80 Å². The molecule has 13 heavy (non-hydrogen) atoms. The molecule has 0 amide bonds. The number of hydrogen-bond donors (Lipinski definition) is 0. The lowest BCUT2D eigenvalue weighted by Gasteiger charge is -2.25. The fraction of sp³-hybridized carbons (Fsp3) is 0.818. The molecule has 0 bridgehead atoms. The van der Waals surface area contributed by atoms with Crippen LogP contribution in [0.5, 0.6) is 0 Å². The summed E-state index contributed by atoms with van der Waals surface area (Å²) in [5.74, 6) is 2.68. The molecule has 1 unspecified atom stereocenters. The standard InChI is InChI=1S/C11H20N2/c1-4-5-8-12(2)10-11-7-6-9-13(11)3/h1,11H,5-10H2,2-3H3. The minimum atomic E-state index is 0.753. The maximum atomic E-state index is 5.23. The van der Waals surface area contributed by atoms with Gasteiger partial charge in [-0.25, -0.2) is 0 Å². The van der Waals surface area contributed by atoms with E-state index in [0.29, 0.717) is 0 Å². The Morgan fingerprint density at radius 3 is 2.92 bits per heavy atom. The van der Waals surface area contributed by atoms with Gasteiger partial charge in [0.1, 0.15) is 0 Å². The van der Waals surface area contributed by atoms with Gasteiger partial charge in [-0.1, -0.05) is 0 Å². The second-order valence-electron chi connectivity index (χ2n) is 3.99. The van der Waals surface area contributed by atoms with E-state index >= 15 is 0 Å². The zero-order valence-electron chi connectivity index (χ0n) is 8.79. The van der Waals surface area contributed by atoms with E-state index in [4.69, 9.17) is 6.42 Å². The molecule has 1 aliphatic rings. The van der Waals surface area contributed by atoms with Gasteiger partial charge in [-0.3, -0.25) is 0 Å². The predicted octanol–water partition coefficient (Wildman–Crippen LogP) is 1.04. The van der Waals surface area contributed by atoms with Gasteiger partial charge in [0.05, 0.1) is 0 Å². The van der Waals surface area contributed by atoms with E-state index in [9.17, 15) is 0 Å². The summed E-state index contributed by atoms with van der Waals surface area (Å²) in [5, 5.41) is 0. The maximum absolute atomic E-state index is 5.23. The van der Waals surface area contributed by atoms with Crippen molar-refractivity contribution in [3.63, 3.8) is 0 Å². The van der Waals surface area contributed by atoms with E-state index in [2.05, 4.69) is 29.8 Å². The van der Waals surface area contributed by atoms with Gasteiger partial charge >= 0.3 is 0 Å². The van der Waals surface area contributed by atoms with Crippen LogP contribution >= 0.6 is 0 Å². The number of likely N-dealkylation sites (tertiary alicyclic amines) is 1. The quantitative estimate of drug-likeness (QED) is 0.596. The highest BCUT2D eigenvalue weighted by molar-refractivity contribution is 4.85. The van der Waals surface area contributed by atoms with Gasteiger partial charge in [-0.2, -0.15) is 0 Å². The molecule has 0 saturated carbocycles. The number of nitrogens with zero attached hydrogens (tertiary/aromatic N) is 2. The zero-order chi connectivity index (χ0) is 9.68. The van der Waals surface area contributed by atoms with E-state index < -0.39 is 0 Å². The first-order valence-corrected chi connectivity index (χ1v) is 5.06. The highest BCUT2D eigenvalue weighted by atomic mass is 15.2. The minimum absolute atomic E-state index is 0.753. The number of hydrogen-bond acceptors (Lipinski definition) is 2. The molecule has 1 heterocycles. The lowest BCUT2D eigenvalue weighted by atomic mass is 10.2. The highest BCUT2D eigenvalue weighted by Crippen LogP contribution is 2.15. The second-order valence-corrected chi connectivity index (χ2v) is 3.99. The van der Waals surface area contributed by atoms with E-state index in [-0.39, 0.29) is 0 Å². The van der Waals surface area contributed by atoms with Crippen LogP contribution < -0.4 is 0 Å². The summed E-state index contributed by atoms with van der Waals surface area (Å²) in [4.78, 5) is 4.79. The first-order chi connectivity index (χ1) is 6.24. The summed E-state index contributed by atoms with van der Waals surface area (Å²) in [6.07, 6.45) is 8.79. The van der Waals surface area contributed by atoms with Crippen molar-refractivity contribution in [2.24, 2.45) is 0 Å². The molecule has 0 N–H and O–H groups in total. The zero-order valence-corrected chi connectivity index (χ0v) is 8.79. The summed E-state index contributed by atoms with van der Waals surface area (Å²) in [5.41, 5.74) is 0. The van der Waals surface area contributed by atoms with Crippen molar-refractivity contribution in [3.8, 4) is 12.3 Å². The van der Waals surface area contributed by atoms with Crippen LogP contribution in [0.4, 0.5) is 0 Å². The molecule has 1 aliphatic heterocycles. The molecule has 1 atom stereocenters. The molecule has 0 aromatic heterocycles. The largest absolute Gasteiger partial charge is 0.304 e. The SMILES string of the molecule is C#CCCN(C)CC1CCCN1C. The number of likely N-dealkylation sites (N-methyl/N-ethyl adjacent to an activating group) is 2. The highest BCUT2D eigenvalue weighted by Gasteiger charge is 2.21. The van der Waals surface area contributed by atoms with E-state index in [1.54, 1.807) is 0 Å². The Balaban J connectivity index is 2.19. The Bertz CT molecular complexity index is 183. The molecule has 0 radical (unpaired) electrons. The third-order valence-electron chi connectivity index (χ3n) is 2.83. The number of rotatable bonds is 4. The van der Waals surface area contributed by atoms with Gasteiger partial charge in [-0.05, 0) is 33.5 Å². The molecule has 1 fully saturated rings. The molecule has 0 aliphatic carbocycles. The minimum Gasteiger partial charge on any atom is -0.304 e. The fourth-order valence-electron chi connectivity index (χ4n) is 1.92. The van der Waals surface area contributed by atoms with Crippen LogP contribution in [0.25, 0.3) is 0 Å². The Hall–Kier alpha value is -0.520. The normalized spacial score (nSPS) is 23.7. The predicted molar refractivity (Wildman–Crippen MR) is 56.6 cm³/mol. The van der Waals surface area contributed by atoms with Crippen LogP contribution in [0.3, 0.4) is 0 Å². The lowest BCUT2D eigenvalue weighted by molar-refractivity contribution is 0.223. The molecule has 1 saturated heterocycles. The van der Waals surface area contributed by atoms with Crippen molar-refractivity contribution in [3.05, 3.63) is 0 Å². The summed E-state index contributed by atoms with van der Waals surface area (Å²) >= 11 is 0. The van der Waals surface area contributed by atoms with Crippen molar-refractivity contribution < 1.29 is 0 Å². The molecular formula is C11H20N2. The van der Waals surface area contributed by atoms with Crippen LogP contribution in [0.15, 0.2) is 0 Å². The molecule has 2 heteroatoms. The fourth-order valence-corrected chi connectivity index (χ4v) is 1.92. The monoisotopic (exact) mass is 180 g/mol. The molecule has 0 aromatic carbocycles. The smallest absolute Gasteiger partial charge is 0.0220 e. The van der Waals surface area contributed by atoms with Crippen molar-refractivity contribution >= 4 is 0 Å². The van der Waals surface area contributed by atoms with Crippen LogP contribution in [-0.4, -0.2) is 49.6 Å². The Morgan fingerprint density at radius 2 is 2.38 bits per heavy atom. The van der Waals surface area contributed by atoms with Gasteiger partial charge in [0.15, 0.2) is 0 Å². The molecule has 2 nitrogen and oxygen atoms in total. The first-order valence-electron chi connectivity index (χ1n) is 5.06. The van der Waals surface area contributed by atoms with E-state index in [1.165, 1.54) is 19.4 Å².